The second kappa shape index (κ2) is 8.12. The first-order valence-corrected chi connectivity index (χ1v) is 6.86. The standard InChI is InChI=1S/C15H22N2O2.ClH/c1-11(13-5-3-4-6-14(13)19-2)17-15(18)12-7-9-16-10-8-12;/h3-6,11-12,16H,7-10H2,1-2H3,(H,17,18);1H. The summed E-state index contributed by atoms with van der Waals surface area (Å²) in [7, 11) is 1.65. The normalized spacial score (nSPS) is 16.9. The molecule has 1 aromatic rings. The molecule has 0 saturated carbocycles. The van der Waals surface area contributed by atoms with Gasteiger partial charge >= 0.3 is 0 Å². The van der Waals surface area contributed by atoms with E-state index in [1.165, 1.54) is 0 Å². The van der Waals surface area contributed by atoms with Crippen LogP contribution in [0.4, 0.5) is 0 Å². The average Bonchev–Trinajstić information content (AvgIpc) is 2.48. The maximum Gasteiger partial charge on any atom is 0.223 e. The number of ether oxygens (including phenoxy) is 1. The van der Waals surface area contributed by atoms with Crippen molar-refractivity contribution in [3.05, 3.63) is 29.8 Å². The molecule has 2 rings (SSSR count). The molecule has 1 atom stereocenters. The van der Waals surface area contributed by atoms with Crippen LogP contribution in [-0.4, -0.2) is 26.1 Å². The molecule has 0 bridgehead atoms. The van der Waals surface area contributed by atoms with Gasteiger partial charge in [-0.25, -0.2) is 0 Å². The van der Waals surface area contributed by atoms with E-state index < -0.39 is 0 Å². The largest absolute Gasteiger partial charge is 0.496 e. The molecule has 1 unspecified atom stereocenters. The number of hydrogen-bond acceptors (Lipinski definition) is 3. The van der Waals surface area contributed by atoms with E-state index in [-0.39, 0.29) is 30.3 Å². The highest BCUT2D eigenvalue weighted by Gasteiger charge is 2.23. The third-order valence-corrected chi connectivity index (χ3v) is 3.67. The zero-order chi connectivity index (χ0) is 13.7. The molecule has 0 aromatic heterocycles. The van der Waals surface area contributed by atoms with Crippen molar-refractivity contribution in [2.45, 2.75) is 25.8 Å². The van der Waals surface area contributed by atoms with Crippen molar-refractivity contribution in [3.63, 3.8) is 0 Å². The Balaban J connectivity index is 0.00000200. The number of rotatable bonds is 4. The second-order valence-corrected chi connectivity index (χ2v) is 5.00. The molecule has 1 aliphatic heterocycles. The number of carbonyl (C=O) groups is 1. The molecule has 5 heteroatoms. The lowest BCUT2D eigenvalue weighted by Crippen LogP contribution is -2.39. The minimum atomic E-state index is -0.0291. The Morgan fingerprint density at radius 2 is 2.00 bits per heavy atom. The molecule has 1 heterocycles. The number of para-hydroxylation sites is 1. The van der Waals surface area contributed by atoms with Crippen LogP contribution in [0.25, 0.3) is 0 Å². The lowest BCUT2D eigenvalue weighted by Gasteiger charge is -2.24. The van der Waals surface area contributed by atoms with E-state index in [1.54, 1.807) is 7.11 Å². The molecule has 0 aliphatic carbocycles. The summed E-state index contributed by atoms with van der Waals surface area (Å²) in [5.74, 6) is 1.11. The monoisotopic (exact) mass is 298 g/mol. The first-order valence-electron chi connectivity index (χ1n) is 6.86. The summed E-state index contributed by atoms with van der Waals surface area (Å²) in [6.45, 7) is 3.86. The Hall–Kier alpha value is -1.26. The Morgan fingerprint density at radius 3 is 2.65 bits per heavy atom. The summed E-state index contributed by atoms with van der Waals surface area (Å²) in [5, 5.41) is 6.37. The summed E-state index contributed by atoms with van der Waals surface area (Å²) in [5.41, 5.74) is 1.02. The van der Waals surface area contributed by atoms with E-state index in [0.29, 0.717) is 0 Å². The van der Waals surface area contributed by atoms with Gasteiger partial charge in [-0.15, -0.1) is 12.4 Å². The topological polar surface area (TPSA) is 50.4 Å². The molecule has 0 radical (unpaired) electrons. The van der Waals surface area contributed by atoms with Crippen LogP contribution >= 0.6 is 12.4 Å². The van der Waals surface area contributed by atoms with Gasteiger partial charge < -0.3 is 15.4 Å². The Kier molecular flexibility index (Phi) is 6.82. The van der Waals surface area contributed by atoms with E-state index in [1.807, 2.05) is 31.2 Å². The van der Waals surface area contributed by atoms with Gasteiger partial charge in [0.15, 0.2) is 0 Å². The van der Waals surface area contributed by atoms with Gasteiger partial charge in [-0.2, -0.15) is 0 Å². The van der Waals surface area contributed by atoms with Crippen LogP contribution < -0.4 is 15.4 Å². The Bertz CT molecular complexity index is 434. The van der Waals surface area contributed by atoms with Gasteiger partial charge in [0.05, 0.1) is 13.2 Å². The van der Waals surface area contributed by atoms with Crippen molar-refractivity contribution in [3.8, 4) is 5.75 Å². The van der Waals surface area contributed by atoms with Crippen molar-refractivity contribution < 1.29 is 9.53 Å². The highest BCUT2D eigenvalue weighted by Crippen LogP contribution is 2.25. The van der Waals surface area contributed by atoms with Gasteiger partial charge in [-0.3, -0.25) is 4.79 Å². The van der Waals surface area contributed by atoms with E-state index in [4.69, 9.17) is 4.74 Å². The van der Waals surface area contributed by atoms with Crippen LogP contribution in [0.15, 0.2) is 24.3 Å². The Labute approximate surface area is 126 Å². The number of benzene rings is 1. The minimum Gasteiger partial charge on any atom is -0.496 e. The predicted molar refractivity (Wildman–Crippen MR) is 82.4 cm³/mol. The zero-order valence-electron chi connectivity index (χ0n) is 12.0. The number of piperidine rings is 1. The highest BCUT2D eigenvalue weighted by atomic mass is 35.5. The van der Waals surface area contributed by atoms with Gasteiger partial charge in [0.1, 0.15) is 5.75 Å². The van der Waals surface area contributed by atoms with Crippen molar-refractivity contribution in [1.29, 1.82) is 0 Å². The lowest BCUT2D eigenvalue weighted by molar-refractivity contribution is -0.126. The predicted octanol–water partition coefficient (Wildman–Crippen LogP) is 2.29. The summed E-state index contributed by atoms with van der Waals surface area (Å²) < 4.78 is 5.33. The fraction of sp³-hybridized carbons (Fsp3) is 0.533. The number of nitrogens with one attached hydrogen (secondary N) is 2. The van der Waals surface area contributed by atoms with Gasteiger partial charge in [-0.05, 0) is 38.9 Å². The molecule has 1 aromatic carbocycles. The van der Waals surface area contributed by atoms with Gasteiger partial charge in [0.25, 0.3) is 0 Å². The number of halogens is 1. The SMILES string of the molecule is COc1ccccc1C(C)NC(=O)C1CCNCC1.Cl. The van der Waals surface area contributed by atoms with Crippen LogP contribution in [0.3, 0.4) is 0 Å². The summed E-state index contributed by atoms with van der Waals surface area (Å²) in [6, 6.07) is 7.78. The molecular formula is C15H23ClN2O2. The van der Waals surface area contributed by atoms with Crippen LogP contribution in [0.5, 0.6) is 5.75 Å². The average molecular weight is 299 g/mol. The molecular weight excluding hydrogens is 276 g/mol. The molecule has 20 heavy (non-hydrogen) atoms. The molecule has 0 spiro atoms. The number of carbonyl (C=O) groups excluding carboxylic acids is 1. The third-order valence-electron chi connectivity index (χ3n) is 3.67. The van der Waals surface area contributed by atoms with Crippen molar-refractivity contribution in [2.24, 2.45) is 5.92 Å². The van der Waals surface area contributed by atoms with E-state index in [2.05, 4.69) is 10.6 Å². The van der Waals surface area contributed by atoms with Crippen LogP contribution in [0.2, 0.25) is 0 Å². The number of methoxy groups -OCH3 is 1. The molecule has 1 fully saturated rings. The van der Waals surface area contributed by atoms with E-state index >= 15 is 0 Å². The van der Waals surface area contributed by atoms with Gasteiger partial charge in [-0.1, -0.05) is 18.2 Å². The van der Waals surface area contributed by atoms with Crippen LogP contribution in [0.1, 0.15) is 31.4 Å². The molecule has 112 valence electrons. The molecule has 2 N–H and O–H groups in total. The quantitative estimate of drug-likeness (QED) is 0.897. The molecule has 1 aliphatic rings. The Morgan fingerprint density at radius 1 is 1.35 bits per heavy atom. The van der Waals surface area contributed by atoms with Crippen molar-refractivity contribution in [2.75, 3.05) is 20.2 Å². The van der Waals surface area contributed by atoms with Gasteiger partial charge in [0.2, 0.25) is 5.91 Å². The summed E-state index contributed by atoms with van der Waals surface area (Å²) >= 11 is 0. The van der Waals surface area contributed by atoms with Crippen molar-refractivity contribution in [1.82, 2.24) is 10.6 Å². The fourth-order valence-electron chi connectivity index (χ4n) is 2.52. The van der Waals surface area contributed by atoms with Gasteiger partial charge in [0, 0.05) is 11.5 Å². The minimum absolute atomic E-state index is 0. The van der Waals surface area contributed by atoms with E-state index in [9.17, 15) is 4.79 Å². The lowest BCUT2D eigenvalue weighted by atomic mass is 9.96. The summed E-state index contributed by atoms with van der Waals surface area (Å²) in [4.78, 5) is 12.2. The maximum atomic E-state index is 12.2. The maximum absolute atomic E-state index is 12.2. The van der Waals surface area contributed by atoms with Crippen LogP contribution in [-0.2, 0) is 4.79 Å². The smallest absolute Gasteiger partial charge is 0.223 e. The fourth-order valence-corrected chi connectivity index (χ4v) is 2.52. The number of amides is 1. The second-order valence-electron chi connectivity index (χ2n) is 5.00. The molecule has 1 amide bonds. The third kappa shape index (κ3) is 4.12. The summed E-state index contributed by atoms with van der Waals surface area (Å²) in [6.07, 6.45) is 1.84. The first kappa shape index (κ1) is 16.8. The molecule has 1 saturated heterocycles. The molecule has 4 nitrogen and oxygen atoms in total. The van der Waals surface area contributed by atoms with Crippen molar-refractivity contribution >= 4 is 18.3 Å². The zero-order valence-corrected chi connectivity index (χ0v) is 12.8. The highest BCUT2D eigenvalue weighted by molar-refractivity contribution is 5.85. The van der Waals surface area contributed by atoms with Crippen LogP contribution in [0, 0.1) is 5.92 Å². The van der Waals surface area contributed by atoms with E-state index in [0.717, 1.165) is 37.2 Å². The number of hydrogen-bond donors (Lipinski definition) is 2. The first-order chi connectivity index (χ1) is 9.22.